The van der Waals surface area contributed by atoms with Gasteiger partial charge in [-0.2, -0.15) is 0 Å². The van der Waals surface area contributed by atoms with E-state index < -0.39 is 0 Å². The van der Waals surface area contributed by atoms with Crippen molar-refractivity contribution in [1.82, 2.24) is 14.9 Å². The van der Waals surface area contributed by atoms with Gasteiger partial charge in [0.1, 0.15) is 5.69 Å². The summed E-state index contributed by atoms with van der Waals surface area (Å²) >= 11 is 1.52. The summed E-state index contributed by atoms with van der Waals surface area (Å²) in [6.45, 7) is 4.05. The number of carbonyl (C=O) groups is 1. The summed E-state index contributed by atoms with van der Waals surface area (Å²) in [5.41, 5.74) is 1.52. The molecule has 1 atom stereocenters. The molecule has 20 heavy (non-hydrogen) atoms. The number of hydrogen-bond acceptors (Lipinski definition) is 3. The van der Waals surface area contributed by atoms with Gasteiger partial charge in [-0.05, 0) is 31.7 Å². The van der Waals surface area contributed by atoms with Crippen LogP contribution in [0, 0.1) is 0 Å². The smallest absolute Gasteiger partial charge is 0.270 e. The van der Waals surface area contributed by atoms with Crippen molar-refractivity contribution in [2.75, 3.05) is 6.26 Å². The molecule has 0 aliphatic rings. The van der Waals surface area contributed by atoms with Crippen LogP contribution in [0.5, 0.6) is 0 Å². The van der Waals surface area contributed by atoms with Gasteiger partial charge < -0.3 is 5.32 Å². The van der Waals surface area contributed by atoms with Crippen molar-refractivity contribution in [2.45, 2.75) is 31.5 Å². The summed E-state index contributed by atoms with van der Waals surface area (Å²) in [4.78, 5) is 16.7. The van der Waals surface area contributed by atoms with Crippen molar-refractivity contribution in [1.29, 1.82) is 0 Å². The zero-order valence-corrected chi connectivity index (χ0v) is 12.8. The number of amides is 1. The zero-order chi connectivity index (χ0) is 14.5. The van der Waals surface area contributed by atoms with Crippen LogP contribution in [0.2, 0.25) is 0 Å². The standard InChI is InChI=1S/C15H19N3OS/c1-4-11(2)17-14(19)13-10-16-15(20-3)18(13)12-8-6-5-7-9-12/h5-11H,4H2,1-3H3,(H,17,19)/t11-/m0/s1. The third-order valence-electron chi connectivity index (χ3n) is 3.15. The van der Waals surface area contributed by atoms with Gasteiger partial charge in [-0.1, -0.05) is 36.9 Å². The molecular weight excluding hydrogens is 270 g/mol. The van der Waals surface area contributed by atoms with Crippen LogP contribution < -0.4 is 5.32 Å². The first-order valence-electron chi connectivity index (χ1n) is 6.65. The molecule has 0 aliphatic carbocycles. The molecule has 0 bridgehead atoms. The largest absolute Gasteiger partial charge is 0.348 e. The second-order valence-corrected chi connectivity index (χ2v) is 5.36. The van der Waals surface area contributed by atoms with E-state index in [4.69, 9.17) is 0 Å². The van der Waals surface area contributed by atoms with Crippen LogP contribution in [-0.4, -0.2) is 27.8 Å². The number of thioether (sulfide) groups is 1. The molecule has 0 radical (unpaired) electrons. The molecule has 1 heterocycles. The van der Waals surface area contributed by atoms with Gasteiger partial charge in [0.25, 0.3) is 5.91 Å². The molecular formula is C15H19N3OS. The number of nitrogens with zero attached hydrogens (tertiary/aromatic N) is 2. The highest BCUT2D eigenvalue weighted by molar-refractivity contribution is 7.98. The van der Waals surface area contributed by atoms with Crippen LogP contribution in [-0.2, 0) is 0 Å². The van der Waals surface area contributed by atoms with E-state index in [0.717, 1.165) is 17.3 Å². The van der Waals surface area contributed by atoms with Crippen molar-refractivity contribution >= 4 is 17.7 Å². The Hall–Kier alpha value is -1.75. The Morgan fingerprint density at radius 2 is 2.10 bits per heavy atom. The highest BCUT2D eigenvalue weighted by atomic mass is 32.2. The minimum Gasteiger partial charge on any atom is -0.348 e. The van der Waals surface area contributed by atoms with Gasteiger partial charge in [-0.15, -0.1) is 0 Å². The molecule has 1 N–H and O–H groups in total. The predicted molar refractivity (Wildman–Crippen MR) is 82.6 cm³/mol. The highest BCUT2D eigenvalue weighted by Gasteiger charge is 2.18. The lowest BCUT2D eigenvalue weighted by atomic mass is 10.2. The number of nitrogens with one attached hydrogen (secondary N) is 1. The second kappa shape index (κ2) is 6.61. The molecule has 0 unspecified atom stereocenters. The van der Waals surface area contributed by atoms with E-state index in [0.29, 0.717) is 5.69 Å². The number of imidazole rings is 1. The maximum absolute atomic E-state index is 12.4. The van der Waals surface area contributed by atoms with Crippen molar-refractivity contribution in [3.8, 4) is 5.69 Å². The van der Waals surface area contributed by atoms with Crippen LogP contribution in [0.1, 0.15) is 30.8 Å². The molecule has 2 rings (SSSR count). The summed E-state index contributed by atoms with van der Waals surface area (Å²) in [5.74, 6) is -0.0870. The maximum Gasteiger partial charge on any atom is 0.270 e. The fourth-order valence-corrected chi connectivity index (χ4v) is 2.41. The van der Waals surface area contributed by atoms with Crippen LogP contribution in [0.3, 0.4) is 0 Å². The van der Waals surface area contributed by atoms with Crippen molar-refractivity contribution in [3.63, 3.8) is 0 Å². The Labute approximate surface area is 123 Å². The van der Waals surface area contributed by atoms with Gasteiger partial charge in [-0.3, -0.25) is 9.36 Å². The summed E-state index contributed by atoms with van der Waals surface area (Å²) in [5, 5.41) is 3.80. The van der Waals surface area contributed by atoms with Crippen LogP contribution >= 0.6 is 11.8 Å². The minimum atomic E-state index is -0.0870. The molecule has 0 spiro atoms. The molecule has 0 aliphatic heterocycles. The van der Waals surface area contributed by atoms with Crippen molar-refractivity contribution in [2.24, 2.45) is 0 Å². The van der Waals surface area contributed by atoms with Gasteiger partial charge in [-0.25, -0.2) is 4.98 Å². The number of hydrogen-bond donors (Lipinski definition) is 1. The van der Waals surface area contributed by atoms with E-state index in [1.54, 1.807) is 6.20 Å². The van der Waals surface area contributed by atoms with Crippen LogP contribution in [0.25, 0.3) is 5.69 Å². The normalized spacial score (nSPS) is 12.2. The zero-order valence-electron chi connectivity index (χ0n) is 12.0. The topological polar surface area (TPSA) is 46.9 Å². The molecule has 5 heteroatoms. The number of aromatic nitrogens is 2. The third-order valence-corrected chi connectivity index (χ3v) is 3.80. The average molecular weight is 289 g/mol. The quantitative estimate of drug-likeness (QED) is 0.860. The minimum absolute atomic E-state index is 0.0870. The molecule has 1 aromatic carbocycles. The lowest BCUT2D eigenvalue weighted by molar-refractivity contribution is 0.0932. The van der Waals surface area contributed by atoms with E-state index in [1.807, 2.05) is 55.0 Å². The lowest BCUT2D eigenvalue weighted by Crippen LogP contribution is -2.33. The van der Waals surface area contributed by atoms with Crippen molar-refractivity contribution < 1.29 is 4.79 Å². The Morgan fingerprint density at radius 1 is 1.40 bits per heavy atom. The number of carbonyl (C=O) groups excluding carboxylic acids is 1. The SMILES string of the molecule is CC[C@H](C)NC(=O)c1cnc(SC)n1-c1ccccc1. The van der Waals surface area contributed by atoms with E-state index in [9.17, 15) is 4.79 Å². The average Bonchev–Trinajstić information content (AvgIpc) is 2.91. The fourth-order valence-electron chi connectivity index (χ4n) is 1.87. The lowest BCUT2D eigenvalue weighted by Gasteiger charge is -2.14. The Kier molecular flexibility index (Phi) is 4.84. The fraction of sp³-hybridized carbons (Fsp3) is 0.333. The van der Waals surface area contributed by atoms with Crippen LogP contribution in [0.15, 0.2) is 41.7 Å². The van der Waals surface area contributed by atoms with Crippen molar-refractivity contribution in [3.05, 3.63) is 42.2 Å². The first-order valence-corrected chi connectivity index (χ1v) is 7.87. The predicted octanol–water partition coefficient (Wildman–Crippen LogP) is 3.12. The van der Waals surface area contributed by atoms with Crippen LogP contribution in [0.4, 0.5) is 0 Å². The van der Waals surface area contributed by atoms with Gasteiger partial charge in [0, 0.05) is 11.7 Å². The molecule has 2 aromatic rings. The summed E-state index contributed by atoms with van der Waals surface area (Å²) < 4.78 is 1.89. The molecule has 0 saturated carbocycles. The first-order chi connectivity index (χ1) is 9.67. The summed E-state index contributed by atoms with van der Waals surface area (Å²) in [6.07, 6.45) is 4.50. The molecule has 0 fully saturated rings. The molecule has 1 aromatic heterocycles. The highest BCUT2D eigenvalue weighted by Crippen LogP contribution is 2.21. The van der Waals surface area contributed by atoms with E-state index in [-0.39, 0.29) is 11.9 Å². The van der Waals surface area contributed by atoms with Gasteiger partial charge in [0.15, 0.2) is 5.16 Å². The third kappa shape index (κ3) is 3.04. The molecule has 106 valence electrons. The summed E-state index contributed by atoms with van der Waals surface area (Å²) in [6, 6.07) is 9.96. The molecule has 1 amide bonds. The Balaban J connectivity index is 2.40. The first kappa shape index (κ1) is 14.7. The van der Waals surface area contributed by atoms with Gasteiger partial charge >= 0.3 is 0 Å². The Morgan fingerprint density at radius 3 is 2.70 bits per heavy atom. The number of benzene rings is 1. The van der Waals surface area contributed by atoms with E-state index in [1.165, 1.54) is 11.8 Å². The van der Waals surface area contributed by atoms with E-state index in [2.05, 4.69) is 10.3 Å². The maximum atomic E-state index is 12.4. The summed E-state index contributed by atoms with van der Waals surface area (Å²) in [7, 11) is 0. The van der Waals surface area contributed by atoms with E-state index >= 15 is 0 Å². The molecule has 4 nitrogen and oxygen atoms in total. The second-order valence-electron chi connectivity index (χ2n) is 4.58. The van der Waals surface area contributed by atoms with Gasteiger partial charge in [0.05, 0.1) is 6.20 Å². The molecule has 0 saturated heterocycles. The Bertz CT molecular complexity index is 580. The monoisotopic (exact) mass is 289 g/mol. The number of rotatable bonds is 5. The van der Waals surface area contributed by atoms with Gasteiger partial charge in [0.2, 0.25) is 0 Å². The number of para-hydroxylation sites is 1.